The highest BCUT2D eigenvalue weighted by molar-refractivity contribution is 7.12. The second kappa shape index (κ2) is 4.59. The van der Waals surface area contributed by atoms with E-state index in [1.54, 1.807) is 6.07 Å². The second-order valence-electron chi connectivity index (χ2n) is 4.78. The smallest absolute Gasteiger partial charge is 0.265 e. The summed E-state index contributed by atoms with van der Waals surface area (Å²) in [7, 11) is 0. The summed E-state index contributed by atoms with van der Waals surface area (Å²) in [4.78, 5) is 15.0. The Balaban J connectivity index is 1.76. The highest BCUT2D eigenvalue weighted by Gasteiger charge is 2.32. The number of fused-ring (bicyclic) bond motifs is 2. The van der Waals surface area contributed by atoms with Gasteiger partial charge in [-0.05, 0) is 30.7 Å². The van der Waals surface area contributed by atoms with Crippen molar-refractivity contribution in [1.29, 1.82) is 0 Å². The molecule has 3 heterocycles. The van der Waals surface area contributed by atoms with E-state index in [0.29, 0.717) is 22.0 Å². The molecule has 17 heavy (non-hydrogen) atoms. The van der Waals surface area contributed by atoms with Gasteiger partial charge in [0.2, 0.25) is 0 Å². The van der Waals surface area contributed by atoms with Crippen molar-refractivity contribution in [2.24, 2.45) is 0 Å². The molecule has 5 heteroatoms. The fourth-order valence-corrected chi connectivity index (χ4v) is 3.82. The summed E-state index contributed by atoms with van der Waals surface area (Å²) < 4.78 is 0. The Hall–Kier alpha value is -0.580. The van der Waals surface area contributed by atoms with Crippen molar-refractivity contribution in [2.75, 3.05) is 13.1 Å². The van der Waals surface area contributed by atoms with E-state index in [2.05, 4.69) is 5.32 Å². The van der Waals surface area contributed by atoms with E-state index < -0.39 is 0 Å². The lowest BCUT2D eigenvalue weighted by Crippen LogP contribution is -2.38. The van der Waals surface area contributed by atoms with E-state index in [1.807, 2.05) is 10.3 Å². The predicted octanol–water partition coefficient (Wildman–Crippen LogP) is 2.37. The van der Waals surface area contributed by atoms with Crippen molar-refractivity contribution in [3.8, 4) is 0 Å². The van der Waals surface area contributed by atoms with Gasteiger partial charge in [-0.15, -0.1) is 11.3 Å². The van der Waals surface area contributed by atoms with E-state index in [0.717, 1.165) is 19.5 Å². The molecule has 1 aromatic rings. The molecule has 1 N–H and O–H groups in total. The molecule has 2 fully saturated rings. The van der Waals surface area contributed by atoms with Crippen molar-refractivity contribution in [2.45, 2.75) is 31.3 Å². The van der Waals surface area contributed by atoms with Gasteiger partial charge in [0.25, 0.3) is 5.91 Å². The Morgan fingerprint density at radius 2 is 2.24 bits per heavy atom. The summed E-state index contributed by atoms with van der Waals surface area (Å²) in [5.41, 5.74) is 0. The summed E-state index contributed by atoms with van der Waals surface area (Å²) in [6, 6.07) is 2.88. The molecule has 1 aromatic heterocycles. The summed E-state index contributed by atoms with van der Waals surface area (Å²) in [5.74, 6) is 0.0966. The molecule has 92 valence electrons. The molecule has 0 saturated carbocycles. The lowest BCUT2D eigenvalue weighted by Gasteiger charge is -2.23. The molecule has 2 saturated heterocycles. The van der Waals surface area contributed by atoms with Gasteiger partial charge >= 0.3 is 0 Å². The number of hydrogen-bond acceptors (Lipinski definition) is 3. The lowest BCUT2D eigenvalue weighted by molar-refractivity contribution is 0.0753. The number of nitrogens with one attached hydrogen (secondary N) is 1. The maximum atomic E-state index is 12.3. The quantitative estimate of drug-likeness (QED) is 0.850. The van der Waals surface area contributed by atoms with Crippen molar-refractivity contribution < 1.29 is 4.79 Å². The standard InChI is InChI=1S/C12H15ClN2OS/c13-10-4-6-17-11(10)12(16)15-5-3-8-1-2-9(7-15)14-8/h4,6,8-9,14H,1-3,5,7H2. The maximum Gasteiger partial charge on any atom is 0.265 e. The van der Waals surface area contributed by atoms with Crippen molar-refractivity contribution >= 4 is 28.8 Å². The summed E-state index contributed by atoms with van der Waals surface area (Å²) in [6.07, 6.45) is 3.50. The van der Waals surface area contributed by atoms with Crippen LogP contribution in [0.25, 0.3) is 0 Å². The minimum atomic E-state index is 0.0966. The Morgan fingerprint density at radius 1 is 1.41 bits per heavy atom. The van der Waals surface area contributed by atoms with Crippen molar-refractivity contribution in [3.05, 3.63) is 21.3 Å². The third-order valence-electron chi connectivity index (χ3n) is 3.62. The molecule has 0 aromatic carbocycles. The van der Waals surface area contributed by atoms with Gasteiger partial charge in [0.15, 0.2) is 0 Å². The van der Waals surface area contributed by atoms with Gasteiger partial charge in [-0.3, -0.25) is 4.79 Å². The Labute approximate surface area is 110 Å². The zero-order chi connectivity index (χ0) is 11.8. The largest absolute Gasteiger partial charge is 0.336 e. The van der Waals surface area contributed by atoms with Crippen LogP contribution in [0.1, 0.15) is 28.9 Å². The number of halogens is 1. The molecule has 2 atom stereocenters. The zero-order valence-corrected chi connectivity index (χ0v) is 11.1. The number of carbonyl (C=O) groups excluding carboxylic acids is 1. The zero-order valence-electron chi connectivity index (χ0n) is 9.49. The highest BCUT2D eigenvalue weighted by atomic mass is 35.5. The molecule has 2 unspecified atom stereocenters. The van der Waals surface area contributed by atoms with Gasteiger partial charge in [0.1, 0.15) is 4.88 Å². The Kier molecular flexibility index (Phi) is 3.11. The third-order valence-corrected chi connectivity index (χ3v) is 4.95. The van der Waals surface area contributed by atoms with Crippen LogP contribution < -0.4 is 5.32 Å². The minimum absolute atomic E-state index is 0.0966. The van der Waals surface area contributed by atoms with Crippen LogP contribution in [0.15, 0.2) is 11.4 Å². The van der Waals surface area contributed by atoms with E-state index >= 15 is 0 Å². The molecule has 0 spiro atoms. The average molecular weight is 271 g/mol. The van der Waals surface area contributed by atoms with Gasteiger partial charge < -0.3 is 10.2 Å². The van der Waals surface area contributed by atoms with Crippen molar-refractivity contribution in [1.82, 2.24) is 10.2 Å². The first kappa shape index (κ1) is 11.5. The molecular formula is C12H15ClN2OS. The Morgan fingerprint density at radius 3 is 3.00 bits per heavy atom. The maximum absolute atomic E-state index is 12.3. The van der Waals surface area contributed by atoms with E-state index in [4.69, 9.17) is 11.6 Å². The average Bonchev–Trinajstić information content (AvgIpc) is 2.84. The molecule has 0 aliphatic carbocycles. The van der Waals surface area contributed by atoms with Crippen LogP contribution in [0.5, 0.6) is 0 Å². The van der Waals surface area contributed by atoms with Gasteiger partial charge in [-0.2, -0.15) is 0 Å². The lowest BCUT2D eigenvalue weighted by atomic mass is 10.1. The van der Waals surface area contributed by atoms with Gasteiger partial charge in [-0.1, -0.05) is 11.6 Å². The molecular weight excluding hydrogens is 256 g/mol. The van der Waals surface area contributed by atoms with Crippen LogP contribution in [0.4, 0.5) is 0 Å². The van der Waals surface area contributed by atoms with Crippen LogP contribution in [0, 0.1) is 0 Å². The monoisotopic (exact) mass is 270 g/mol. The Bertz CT molecular complexity index is 434. The number of thiophene rings is 1. The van der Waals surface area contributed by atoms with E-state index in [1.165, 1.54) is 24.2 Å². The number of rotatable bonds is 1. The fourth-order valence-electron chi connectivity index (χ4n) is 2.72. The predicted molar refractivity (Wildman–Crippen MR) is 69.8 cm³/mol. The van der Waals surface area contributed by atoms with E-state index in [9.17, 15) is 4.79 Å². The van der Waals surface area contributed by atoms with Gasteiger partial charge in [0.05, 0.1) is 5.02 Å². The number of likely N-dealkylation sites (tertiary alicyclic amines) is 1. The molecule has 2 aliphatic rings. The summed E-state index contributed by atoms with van der Waals surface area (Å²) in [6.45, 7) is 1.67. The number of amides is 1. The van der Waals surface area contributed by atoms with Crippen LogP contribution in [0.2, 0.25) is 5.02 Å². The fraction of sp³-hybridized carbons (Fsp3) is 0.583. The SMILES string of the molecule is O=C(c1sccc1Cl)N1CCC2CCC(C1)N2. The van der Waals surface area contributed by atoms with Crippen LogP contribution in [0.3, 0.4) is 0 Å². The minimum Gasteiger partial charge on any atom is -0.336 e. The molecule has 3 nitrogen and oxygen atoms in total. The summed E-state index contributed by atoms with van der Waals surface area (Å²) >= 11 is 7.46. The van der Waals surface area contributed by atoms with Crippen LogP contribution in [-0.2, 0) is 0 Å². The molecule has 2 bridgehead atoms. The third kappa shape index (κ3) is 2.21. The van der Waals surface area contributed by atoms with Gasteiger partial charge in [0, 0.05) is 25.2 Å². The number of nitrogens with zero attached hydrogens (tertiary/aromatic N) is 1. The first-order chi connectivity index (χ1) is 8.24. The molecule has 2 aliphatic heterocycles. The van der Waals surface area contributed by atoms with Crippen LogP contribution >= 0.6 is 22.9 Å². The first-order valence-electron chi connectivity index (χ1n) is 6.02. The first-order valence-corrected chi connectivity index (χ1v) is 7.28. The van der Waals surface area contributed by atoms with E-state index in [-0.39, 0.29) is 5.91 Å². The highest BCUT2D eigenvalue weighted by Crippen LogP contribution is 2.26. The van der Waals surface area contributed by atoms with Crippen molar-refractivity contribution in [3.63, 3.8) is 0 Å². The topological polar surface area (TPSA) is 32.3 Å². The summed E-state index contributed by atoms with van der Waals surface area (Å²) in [5, 5.41) is 6.03. The molecule has 0 radical (unpaired) electrons. The number of carbonyl (C=O) groups is 1. The molecule has 3 rings (SSSR count). The van der Waals surface area contributed by atoms with Crippen LogP contribution in [-0.4, -0.2) is 36.0 Å². The molecule has 1 amide bonds. The number of hydrogen-bond donors (Lipinski definition) is 1. The normalized spacial score (nSPS) is 28.2. The second-order valence-corrected chi connectivity index (χ2v) is 6.10. The van der Waals surface area contributed by atoms with Gasteiger partial charge in [-0.25, -0.2) is 0 Å².